The largest absolute Gasteiger partial charge is 0.297 e. The van der Waals surface area contributed by atoms with Crippen LogP contribution < -0.4 is 0 Å². The van der Waals surface area contributed by atoms with E-state index >= 15 is 0 Å². The van der Waals surface area contributed by atoms with Crippen molar-refractivity contribution in [3.63, 3.8) is 0 Å². The second kappa shape index (κ2) is 9.68. The molecule has 0 saturated heterocycles. The van der Waals surface area contributed by atoms with Gasteiger partial charge >= 0.3 is 0 Å². The molecule has 1 heterocycles. The lowest BCUT2D eigenvalue weighted by atomic mass is 10.3. The molecule has 0 radical (unpaired) electrons. The minimum Gasteiger partial charge on any atom is -0.297 e. The van der Waals surface area contributed by atoms with E-state index in [9.17, 15) is 0 Å². The lowest BCUT2D eigenvalue weighted by Gasteiger charge is -1.99. The van der Waals surface area contributed by atoms with Crippen molar-refractivity contribution in [3.8, 4) is 0 Å². The zero-order valence-electron chi connectivity index (χ0n) is 11.6. The number of hydrogen-bond acceptors (Lipinski definition) is 4. The summed E-state index contributed by atoms with van der Waals surface area (Å²) in [4.78, 5) is 17.7. The third kappa shape index (κ3) is 7.87. The minimum absolute atomic E-state index is 0.859. The average Bonchev–Trinajstić information content (AvgIpc) is 2.35. The van der Waals surface area contributed by atoms with Crippen LogP contribution >= 0.6 is 0 Å². The van der Waals surface area contributed by atoms with Crippen molar-refractivity contribution in [2.45, 2.75) is 39.5 Å². The van der Waals surface area contributed by atoms with Crippen LogP contribution in [0.1, 0.15) is 39.5 Å². The second-order valence-corrected chi connectivity index (χ2v) is 4.53. The Bertz CT molecular complexity index is 308. The van der Waals surface area contributed by atoms with Gasteiger partial charge in [0.05, 0.1) is 0 Å². The summed E-state index contributed by atoms with van der Waals surface area (Å²) in [7, 11) is 0. The minimum atomic E-state index is 0.859. The zero-order valence-corrected chi connectivity index (χ0v) is 11.6. The monoisotopic (exact) mass is 248 g/mol. The van der Waals surface area contributed by atoms with Gasteiger partial charge < -0.3 is 0 Å². The summed E-state index contributed by atoms with van der Waals surface area (Å²) < 4.78 is 0. The van der Waals surface area contributed by atoms with Gasteiger partial charge in [-0.25, -0.2) is 0 Å². The number of rotatable bonds is 0. The van der Waals surface area contributed by atoms with Gasteiger partial charge in [-0.05, 0) is 26.7 Å². The molecule has 100 valence electrons. The third-order valence-electron chi connectivity index (χ3n) is 2.69. The van der Waals surface area contributed by atoms with Gasteiger partial charge in [0.1, 0.15) is 0 Å². The maximum absolute atomic E-state index is 4.51. The first-order valence-corrected chi connectivity index (χ1v) is 6.75. The van der Waals surface area contributed by atoms with E-state index in [-0.39, 0.29) is 0 Å². The summed E-state index contributed by atoms with van der Waals surface area (Å²) in [5, 5.41) is 0. The van der Waals surface area contributed by atoms with Crippen LogP contribution in [0.4, 0.5) is 0 Å². The Morgan fingerprint density at radius 3 is 1.67 bits per heavy atom. The van der Waals surface area contributed by atoms with E-state index < -0.39 is 0 Å². The van der Waals surface area contributed by atoms with Crippen molar-refractivity contribution in [3.05, 3.63) is 0 Å². The molecule has 4 heteroatoms. The van der Waals surface area contributed by atoms with Gasteiger partial charge in [0.25, 0.3) is 0 Å². The second-order valence-electron chi connectivity index (χ2n) is 4.53. The van der Waals surface area contributed by atoms with Gasteiger partial charge in [0, 0.05) is 62.9 Å². The maximum Gasteiger partial charge on any atom is 0.0406 e. The van der Waals surface area contributed by atoms with E-state index in [0.717, 1.165) is 63.3 Å². The summed E-state index contributed by atoms with van der Waals surface area (Å²) >= 11 is 0. The smallest absolute Gasteiger partial charge is 0.0406 e. The molecule has 0 bridgehead atoms. The summed E-state index contributed by atoms with van der Waals surface area (Å²) in [6.45, 7) is 7.58. The fraction of sp³-hybridized carbons (Fsp3) is 0.714. The molecular formula is C14H24N4. The molecule has 0 saturated carbocycles. The average molecular weight is 248 g/mol. The molecule has 0 unspecified atom stereocenters. The highest BCUT2D eigenvalue weighted by Gasteiger charge is 1.92. The normalized spacial score (nSPS) is 20.3. The summed E-state index contributed by atoms with van der Waals surface area (Å²) in [6, 6.07) is 0. The van der Waals surface area contributed by atoms with Gasteiger partial charge in [-0.1, -0.05) is 0 Å². The molecule has 1 aliphatic rings. The Kier molecular flexibility index (Phi) is 7.93. The van der Waals surface area contributed by atoms with Gasteiger partial charge in [-0.3, -0.25) is 20.0 Å². The fourth-order valence-corrected chi connectivity index (χ4v) is 1.57. The van der Waals surface area contributed by atoms with Crippen LogP contribution in [0.25, 0.3) is 0 Å². The molecule has 0 aromatic heterocycles. The predicted octanol–water partition coefficient (Wildman–Crippen LogP) is 2.62. The highest BCUT2D eigenvalue weighted by atomic mass is 14.8. The Labute approximate surface area is 110 Å². The number of nitrogens with zero attached hydrogens (tertiary/aromatic N) is 4. The molecule has 0 amide bonds. The SMILES string of the molecule is CC1=NCCCN=C(C)CC=NCCCN=CC1. The molecule has 0 N–H and O–H groups in total. The van der Waals surface area contributed by atoms with E-state index in [1.165, 1.54) is 0 Å². The molecule has 0 aliphatic carbocycles. The maximum atomic E-state index is 4.51. The fourth-order valence-electron chi connectivity index (χ4n) is 1.57. The van der Waals surface area contributed by atoms with E-state index in [4.69, 9.17) is 0 Å². The lowest BCUT2D eigenvalue weighted by molar-refractivity contribution is 0.838. The van der Waals surface area contributed by atoms with Crippen LogP contribution in [0, 0.1) is 0 Å². The first-order chi connectivity index (χ1) is 8.79. The molecule has 0 atom stereocenters. The molecule has 0 aromatic carbocycles. The van der Waals surface area contributed by atoms with Crippen LogP contribution in [0.3, 0.4) is 0 Å². The Morgan fingerprint density at radius 1 is 0.722 bits per heavy atom. The van der Waals surface area contributed by atoms with Crippen LogP contribution in [-0.2, 0) is 0 Å². The van der Waals surface area contributed by atoms with Crippen molar-refractivity contribution in [1.82, 2.24) is 0 Å². The van der Waals surface area contributed by atoms with Crippen LogP contribution in [0.15, 0.2) is 20.0 Å². The summed E-state index contributed by atoms with van der Waals surface area (Å²) in [6.07, 6.45) is 7.70. The van der Waals surface area contributed by atoms with E-state index in [0.29, 0.717) is 0 Å². The molecule has 1 aliphatic heterocycles. The van der Waals surface area contributed by atoms with Crippen molar-refractivity contribution in [2.24, 2.45) is 20.0 Å². The molecular weight excluding hydrogens is 224 g/mol. The van der Waals surface area contributed by atoms with Crippen LogP contribution in [-0.4, -0.2) is 50.0 Å². The number of aliphatic imine (C=N–C) groups is 4. The van der Waals surface area contributed by atoms with Crippen LogP contribution in [0.2, 0.25) is 0 Å². The molecule has 1 rings (SSSR count). The van der Waals surface area contributed by atoms with Gasteiger partial charge in [0.15, 0.2) is 0 Å². The van der Waals surface area contributed by atoms with Gasteiger partial charge in [0.2, 0.25) is 0 Å². The predicted molar refractivity (Wildman–Crippen MR) is 81.1 cm³/mol. The van der Waals surface area contributed by atoms with Gasteiger partial charge in [-0.2, -0.15) is 0 Å². The Morgan fingerprint density at radius 2 is 1.17 bits per heavy atom. The molecule has 18 heavy (non-hydrogen) atoms. The molecule has 0 spiro atoms. The van der Waals surface area contributed by atoms with Crippen molar-refractivity contribution < 1.29 is 0 Å². The quantitative estimate of drug-likeness (QED) is 0.633. The highest BCUT2D eigenvalue weighted by molar-refractivity contribution is 5.94. The first-order valence-electron chi connectivity index (χ1n) is 6.75. The van der Waals surface area contributed by atoms with E-state index in [1.807, 2.05) is 12.4 Å². The zero-order chi connectivity index (χ0) is 13.1. The van der Waals surface area contributed by atoms with Crippen LogP contribution in [0.5, 0.6) is 0 Å². The van der Waals surface area contributed by atoms with Crippen molar-refractivity contribution >= 4 is 23.9 Å². The molecule has 4 nitrogen and oxygen atoms in total. The topological polar surface area (TPSA) is 49.4 Å². The standard InChI is InChI=1S/C14H24N4/c1-13-5-11-15-7-3-8-16-12-6-14(2)18-10-4-9-17-13/h11-12H,3-10H2,1-2H3. The highest BCUT2D eigenvalue weighted by Crippen LogP contribution is 1.92. The summed E-state index contributed by atoms with van der Waals surface area (Å²) in [5.74, 6) is 0. The Hall–Kier alpha value is -1.32. The Balaban J connectivity index is 2.47. The van der Waals surface area contributed by atoms with Crippen molar-refractivity contribution in [2.75, 3.05) is 26.2 Å². The lowest BCUT2D eigenvalue weighted by Crippen LogP contribution is -1.99. The van der Waals surface area contributed by atoms with Crippen molar-refractivity contribution in [1.29, 1.82) is 0 Å². The van der Waals surface area contributed by atoms with E-state index in [1.54, 1.807) is 0 Å². The summed E-state index contributed by atoms with van der Waals surface area (Å²) in [5.41, 5.74) is 2.31. The molecule has 0 fully saturated rings. The van der Waals surface area contributed by atoms with E-state index in [2.05, 4.69) is 33.8 Å². The third-order valence-corrected chi connectivity index (χ3v) is 2.69. The number of hydrogen-bond donors (Lipinski definition) is 0. The molecule has 0 aromatic rings. The first kappa shape index (κ1) is 14.7. The van der Waals surface area contributed by atoms with Gasteiger partial charge in [-0.15, -0.1) is 0 Å².